The van der Waals surface area contributed by atoms with Gasteiger partial charge in [-0.1, -0.05) is 20.8 Å². The fraction of sp³-hybridized carbons (Fsp3) is 0.583. The molecule has 0 radical (unpaired) electrons. The molecule has 0 spiro atoms. The van der Waals surface area contributed by atoms with Crippen molar-refractivity contribution >= 4 is 22.9 Å². The first kappa shape index (κ1) is 12.6. The number of aromatic nitrogens is 4. The maximum absolute atomic E-state index is 4.46. The van der Waals surface area contributed by atoms with Crippen molar-refractivity contribution in [1.82, 2.24) is 19.9 Å². The lowest BCUT2D eigenvalue weighted by Gasteiger charge is -2.21. The molecule has 2 heterocycles. The Morgan fingerprint density at radius 1 is 1.33 bits per heavy atom. The quantitative estimate of drug-likeness (QED) is 0.756. The van der Waals surface area contributed by atoms with Crippen LogP contribution in [0.15, 0.2) is 6.33 Å². The van der Waals surface area contributed by atoms with Gasteiger partial charge in [-0.15, -0.1) is 0 Å². The van der Waals surface area contributed by atoms with Crippen molar-refractivity contribution in [2.75, 3.05) is 17.7 Å². The van der Waals surface area contributed by atoms with Crippen LogP contribution in [0, 0.1) is 5.92 Å². The number of aromatic amines is 1. The van der Waals surface area contributed by atoms with Crippen LogP contribution < -0.4 is 10.6 Å². The highest BCUT2D eigenvalue weighted by Gasteiger charge is 2.15. The zero-order chi connectivity index (χ0) is 13.1. The second-order valence-electron chi connectivity index (χ2n) is 4.65. The van der Waals surface area contributed by atoms with E-state index in [9.17, 15) is 0 Å². The SMILES string of the molecule is CCC(Nc1nc(NC)nc2nc[nH]c12)C(C)C. The molecule has 2 aromatic heterocycles. The highest BCUT2D eigenvalue weighted by molar-refractivity contribution is 5.83. The third kappa shape index (κ3) is 2.37. The molecule has 1 unspecified atom stereocenters. The third-order valence-corrected chi connectivity index (χ3v) is 3.08. The van der Waals surface area contributed by atoms with Gasteiger partial charge in [0.05, 0.1) is 6.33 Å². The van der Waals surface area contributed by atoms with E-state index in [2.05, 4.69) is 51.3 Å². The Labute approximate surface area is 107 Å². The number of nitrogens with zero attached hydrogens (tertiary/aromatic N) is 3. The van der Waals surface area contributed by atoms with Crippen molar-refractivity contribution < 1.29 is 0 Å². The first-order valence-electron chi connectivity index (χ1n) is 6.31. The van der Waals surface area contributed by atoms with Gasteiger partial charge in [0, 0.05) is 13.1 Å². The average molecular weight is 248 g/mol. The van der Waals surface area contributed by atoms with E-state index in [0.717, 1.165) is 17.8 Å². The van der Waals surface area contributed by atoms with E-state index in [4.69, 9.17) is 0 Å². The molecular formula is C12H20N6. The maximum atomic E-state index is 4.46. The van der Waals surface area contributed by atoms with Crippen molar-refractivity contribution in [1.29, 1.82) is 0 Å². The fourth-order valence-electron chi connectivity index (χ4n) is 1.97. The predicted octanol–water partition coefficient (Wildman–Crippen LogP) is 2.24. The molecule has 98 valence electrons. The molecule has 0 aliphatic heterocycles. The van der Waals surface area contributed by atoms with E-state index >= 15 is 0 Å². The number of hydrogen-bond acceptors (Lipinski definition) is 5. The first-order chi connectivity index (χ1) is 8.65. The second kappa shape index (κ2) is 5.20. The maximum Gasteiger partial charge on any atom is 0.226 e. The van der Waals surface area contributed by atoms with Gasteiger partial charge in [0.1, 0.15) is 5.52 Å². The number of rotatable bonds is 5. The van der Waals surface area contributed by atoms with E-state index in [1.54, 1.807) is 13.4 Å². The van der Waals surface area contributed by atoms with Gasteiger partial charge < -0.3 is 15.6 Å². The third-order valence-electron chi connectivity index (χ3n) is 3.08. The number of nitrogens with one attached hydrogen (secondary N) is 3. The van der Waals surface area contributed by atoms with E-state index in [1.807, 2.05) is 0 Å². The monoisotopic (exact) mass is 248 g/mol. The first-order valence-corrected chi connectivity index (χ1v) is 6.31. The zero-order valence-electron chi connectivity index (χ0n) is 11.3. The van der Waals surface area contributed by atoms with Crippen molar-refractivity contribution in [3.8, 4) is 0 Å². The number of anilines is 2. The second-order valence-corrected chi connectivity index (χ2v) is 4.65. The summed E-state index contributed by atoms with van der Waals surface area (Å²) in [6.07, 6.45) is 2.69. The summed E-state index contributed by atoms with van der Waals surface area (Å²) in [5, 5.41) is 6.42. The van der Waals surface area contributed by atoms with Gasteiger partial charge >= 0.3 is 0 Å². The predicted molar refractivity (Wildman–Crippen MR) is 73.8 cm³/mol. The van der Waals surface area contributed by atoms with Crippen LogP contribution in [0.4, 0.5) is 11.8 Å². The lowest BCUT2D eigenvalue weighted by Crippen LogP contribution is -2.25. The summed E-state index contributed by atoms with van der Waals surface area (Å²) in [5.41, 5.74) is 1.53. The molecule has 6 nitrogen and oxygen atoms in total. The smallest absolute Gasteiger partial charge is 0.226 e. The number of imidazole rings is 1. The molecule has 0 saturated carbocycles. The van der Waals surface area contributed by atoms with E-state index in [-0.39, 0.29) is 0 Å². The lowest BCUT2D eigenvalue weighted by atomic mass is 10.0. The largest absolute Gasteiger partial charge is 0.365 e. The van der Waals surface area contributed by atoms with Gasteiger partial charge in [-0.3, -0.25) is 0 Å². The highest BCUT2D eigenvalue weighted by Crippen LogP contribution is 2.21. The minimum Gasteiger partial charge on any atom is -0.365 e. The standard InChI is InChI=1S/C12H20N6/c1-5-8(7(2)3)16-11-9-10(15-6-14-9)17-12(13-4)18-11/h6-8H,5H2,1-4H3,(H3,13,14,15,16,17,18). The van der Waals surface area contributed by atoms with E-state index in [1.165, 1.54) is 0 Å². The zero-order valence-corrected chi connectivity index (χ0v) is 11.3. The van der Waals surface area contributed by atoms with E-state index in [0.29, 0.717) is 23.6 Å². The Kier molecular flexibility index (Phi) is 3.64. The van der Waals surface area contributed by atoms with Gasteiger partial charge in [0.25, 0.3) is 0 Å². The molecule has 0 aliphatic rings. The summed E-state index contributed by atoms with van der Waals surface area (Å²) in [7, 11) is 1.80. The van der Waals surface area contributed by atoms with Gasteiger partial charge in [-0.2, -0.15) is 9.97 Å². The Hall–Kier alpha value is -1.85. The Morgan fingerprint density at radius 3 is 2.72 bits per heavy atom. The van der Waals surface area contributed by atoms with Crippen molar-refractivity contribution in [3.05, 3.63) is 6.33 Å². The van der Waals surface area contributed by atoms with Crippen molar-refractivity contribution in [2.24, 2.45) is 5.92 Å². The normalized spacial score (nSPS) is 12.9. The molecule has 0 bridgehead atoms. The summed E-state index contributed by atoms with van der Waals surface area (Å²) in [4.78, 5) is 16.0. The van der Waals surface area contributed by atoms with Gasteiger partial charge in [0.15, 0.2) is 11.5 Å². The summed E-state index contributed by atoms with van der Waals surface area (Å²) in [5.74, 6) is 1.93. The highest BCUT2D eigenvalue weighted by atomic mass is 15.2. The molecule has 0 fully saturated rings. The fourth-order valence-corrected chi connectivity index (χ4v) is 1.97. The van der Waals surface area contributed by atoms with Crippen LogP contribution in [-0.4, -0.2) is 33.0 Å². The molecule has 0 aliphatic carbocycles. The van der Waals surface area contributed by atoms with Crippen LogP contribution in [0.1, 0.15) is 27.2 Å². The van der Waals surface area contributed by atoms with Gasteiger partial charge in [-0.05, 0) is 12.3 Å². The molecule has 0 saturated heterocycles. The molecular weight excluding hydrogens is 228 g/mol. The Bertz CT molecular complexity index is 518. The summed E-state index contributed by atoms with van der Waals surface area (Å²) >= 11 is 0. The van der Waals surface area contributed by atoms with Gasteiger partial charge in [-0.25, -0.2) is 4.98 Å². The minimum atomic E-state index is 0.385. The van der Waals surface area contributed by atoms with Crippen LogP contribution in [0.25, 0.3) is 11.2 Å². The Morgan fingerprint density at radius 2 is 2.11 bits per heavy atom. The average Bonchev–Trinajstić information content (AvgIpc) is 2.83. The summed E-state index contributed by atoms with van der Waals surface area (Å²) < 4.78 is 0. The molecule has 2 rings (SSSR count). The van der Waals surface area contributed by atoms with Crippen LogP contribution in [-0.2, 0) is 0 Å². The molecule has 6 heteroatoms. The number of hydrogen-bond donors (Lipinski definition) is 3. The van der Waals surface area contributed by atoms with E-state index < -0.39 is 0 Å². The molecule has 0 amide bonds. The molecule has 0 aromatic carbocycles. The number of fused-ring (bicyclic) bond motifs is 1. The molecule has 18 heavy (non-hydrogen) atoms. The molecule has 1 atom stereocenters. The van der Waals surface area contributed by atoms with Crippen LogP contribution in [0.2, 0.25) is 0 Å². The topological polar surface area (TPSA) is 78.5 Å². The lowest BCUT2D eigenvalue weighted by molar-refractivity contribution is 0.510. The van der Waals surface area contributed by atoms with Crippen LogP contribution in [0.3, 0.4) is 0 Å². The van der Waals surface area contributed by atoms with Crippen LogP contribution >= 0.6 is 0 Å². The summed E-state index contributed by atoms with van der Waals surface area (Å²) in [6.45, 7) is 6.57. The Balaban J connectivity index is 2.39. The van der Waals surface area contributed by atoms with Gasteiger partial charge in [0.2, 0.25) is 5.95 Å². The minimum absolute atomic E-state index is 0.385. The summed E-state index contributed by atoms with van der Waals surface area (Å²) in [6, 6.07) is 0.385. The van der Waals surface area contributed by atoms with Crippen LogP contribution in [0.5, 0.6) is 0 Å². The van der Waals surface area contributed by atoms with Crippen molar-refractivity contribution in [2.45, 2.75) is 33.2 Å². The number of H-pyrrole nitrogens is 1. The molecule has 3 N–H and O–H groups in total. The molecule has 2 aromatic rings. The van der Waals surface area contributed by atoms with Crippen molar-refractivity contribution in [3.63, 3.8) is 0 Å².